The van der Waals surface area contributed by atoms with Gasteiger partial charge in [0.2, 0.25) is 11.4 Å². The van der Waals surface area contributed by atoms with E-state index in [0.717, 1.165) is 29.8 Å². The van der Waals surface area contributed by atoms with Crippen LogP contribution in [0.3, 0.4) is 0 Å². The number of hydrogen-bond acceptors (Lipinski definition) is 9. The van der Waals surface area contributed by atoms with E-state index in [1.54, 1.807) is 35.6 Å². The summed E-state index contributed by atoms with van der Waals surface area (Å²) in [6.07, 6.45) is 0. The van der Waals surface area contributed by atoms with Crippen molar-refractivity contribution in [2.45, 2.75) is 0 Å². The quantitative estimate of drug-likeness (QED) is 0.441. The van der Waals surface area contributed by atoms with Crippen molar-refractivity contribution in [3.8, 4) is 24.3 Å². The highest BCUT2D eigenvalue weighted by molar-refractivity contribution is 7.37. The number of aryl methyl sites for hydroxylation is 1. The van der Waals surface area contributed by atoms with Gasteiger partial charge in [0.1, 0.15) is 34.3 Å². The molecule has 0 atom stereocenters. The Balaban J connectivity index is 1.92. The van der Waals surface area contributed by atoms with Gasteiger partial charge in [0.25, 0.3) is 0 Å². The summed E-state index contributed by atoms with van der Waals surface area (Å²) in [5.41, 5.74) is 1.71. The van der Waals surface area contributed by atoms with Gasteiger partial charge in [-0.05, 0) is 12.1 Å². The molecule has 0 amide bonds. The zero-order valence-electron chi connectivity index (χ0n) is 13.5. The van der Waals surface area contributed by atoms with Crippen molar-refractivity contribution >= 4 is 85.3 Å². The second-order valence-electron chi connectivity index (χ2n) is 5.28. The number of hydrogen-bond donors (Lipinski definition) is 0. The molecule has 0 radical (unpaired) electrons. The fraction of sp³-hybridized carbons (Fsp3) is 0.0588. The van der Waals surface area contributed by atoms with Gasteiger partial charge in [-0.15, -0.1) is 34.0 Å². The predicted molar refractivity (Wildman–Crippen MR) is 108 cm³/mol. The number of nitriles is 4. The maximum absolute atomic E-state index is 8.88. The molecule has 4 rings (SSSR count). The van der Waals surface area contributed by atoms with E-state index in [1.165, 1.54) is 22.7 Å². The first-order valence-electron chi connectivity index (χ1n) is 7.31. The molecule has 0 spiro atoms. The van der Waals surface area contributed by atoms with Crippen LogP contribution in [-0.2, 0) is 7.05 Å². The first-order valence-corrected chi connectivity index (χ1v) is 9.76. The minimum Gasteiger partial charge on any atom is -0.341 e. The molecule has 4 aromatic rings. The van der Waals surface area contributed by atoms with Gasteiger partial charge in [-0.25, -0.2) is 9.98 Å². The van der Waals surface area contributed by atoms with Crippen LogP contribution in [0, 0.1) is 45.3 Å². The first-order chi connectivity index (χ1) is 13.1. The lowest BCUT2D eigenvalue weighted by atomic mass is 10.4. The normalized spacial score (nSPS) is 10.3. The number of fused-ring (bicyclic) bond motifs is 5. The van der Waals surface area contributed by atoms with E-state index >= 15 is 0 Å². The van der Waals surface area contributed by atoms with Crippen LogP contribution in [0.2, 0.25) is 0 Å². The fourth-order valence-corrected chi connectivity index (χ4v) is 6.48. The summed E-state index contributed by atoms with van der Waals surface area (Å²) in [7, 11) is 1.95. The molecule has 0 unspecified atom stereocenters. The Morgan fingerprint density at radius 1 is 0.815 bits per heavy atom. The minimum absolute atomic E-state index is 0.165. The van der Waals surface area contributed by atoms with E-state index in [2.05, 4.69) is 14.6 Å². The van der Waals surface area contributed by atoms with Crippen molar-refractivity contribution in [2.24, 2.45) is 17.0 Å². The second-order valence-corrected chi connectivity index (χ2v) is 8.40. The molecular weight excluding hydrogens is 398 g/mol. The van der Waals surface area contributed by atoms with E-state index in [1.807, 2.05) is 19.2 Å². The van der Waals surface area contributed by atoms with Crippen LogP contribution in [0.25, 0.3) is 29.8 Å². The van der Waals surface area contributed by atoms with Crippen LogP contribution < -0.4 is 0 Å². The Morgan fingerprint density at radius 3 is 1.96 bits per heavy atom. The van der Waals surface area contributed by atoms with Crippen molar-refractivity contribution in [2.75, 3.05) is 0 Å². The van der Waals surface area contributed by atoms with Gasteiger partial charge in [0.05, 0.1) is 29.8 Å². The van der Waals surface area contributed by atoms with Gasteiger partial charge in [0.15, 0.2) is 0 Å². The van der Waals surface area contributed by atoms with E-state index in [0.29, 0.717) is 10.0 Å². The highest BCUT2D eigenvalue weighted by Gasteiger charge is 2.19. The molecule has 0 aliphatic rings. The van der Waals surface area contributed by atoms with Crippen molar-refractivity contribution in [3.05, 3.63) is 12.1 Å². The van der Waals surface area contributed by atoms with E-state index < -0.39 is 0 Å². The standard InChI is InChI=1S/C17H5N7S3/c1-24-10-2-12(22-8(4-18)5-19)26-15(10)17-14(24)16-11(25-17)3-13(27-16)23-9(6-20)7-21/h2-3H,1H3. The van der Waals surface area contributed by atoms with E-state index in [4.69, 9.17) is 21.0 Å². The molecule has 0 N–H and O–H groups in total. The van der Waals surface area contributed by atoms with Gasteiger partial charge < -0.3 is 4.57 Å². The van der Waals surface area contributed by atoms with Crippen LogP contribution in [0.1, 0.15) is 0 Å². The molecule has 0 aliphatic carbocycles. The highest BCUT2D eigenvalue weighted by Crippen LogP contribution is 2.49. The second kappa shape index (κ2) is 6.32. The van der Waals surface area contributed by atoms with E-state index in [9.17, 15) is 0 Å². The average Bonchev–Trinajstić information content (AvgIpc) is 3.38. The molecule has 27 heavy (non-hydrogen) atoms. The SMILES string of the molecule is Cn1c2cc(N=C(C#N)C#N)sc2c2sc3cc(N=C(C#N)C#N)sc3c21. The monoisotopic (exact) mass is 403 g/mol. The van der Waals surface area contributed by atoms with Crippen LogP contribution in [0.5, 0.6) is 0 Å². The third-order valence-corrected chi connectivity index (χ3v) is 7.27. The maximum atomic E-state index is 8.88. The lowest BCUT2D eigenvalue weighted by Crippen LogP contribution is -1.85. The smallest absolute Gasteiger partial charge is 0.219 e. The van der Waals surface area contributed by atoms with Crippen molar-refractivity contribution in [3.63, 3.8) is 0 Å². The minimum atomic E-state index is -0.168. The molecule has 10 heteroatoms. The van der Waals surface area contributed by atoms with Gasteiger partial charge in [-0.3, -0.25) is 0 Å². The molecule has 0 saturated heterocycles. The molecule has 7 nitrogen and oxygen atoms in total. The topological polar surface area (TPSA) is 125 Å². The Kier molecular flexibility index (Phi) is 3.96. The Bertz CT molecular complexity index is 1440. The lowest BCUT2D eigenvalue weighted by Gasteiger charge is -1.93. The van der Waals surface area contributed by atoms with Gasteiger partial charge >= 0.3 is 0 Å². The number of nitrogens with zero attached hydrogens (tertiary/aromatic N) is 7. The van der Waals surface area contributed by atoms with Crippen LogP contribution in [0.4, 0.5) is 10.0 Å². The van der Waals surface area contributed by atoms with Crippen molar-refractivity contribution < 1.29 is 0 Å². The molecule has 0 bridgehead atoms. The largest absolute Gasteiger partial charge is 0.341 e. The number of thiophene rings is 3. The first kappa shape index (κ1) is 16.9. The molecular formula is C17H5N7S3. The summed E-state index contributed by atoms with van der Waals surface area (Å²) in [6.45, 7) is 0. The number of rotatable bonds is 2. The van der Waals surface area contributed by atoms with Crippen molar-refractivity contribution in [1.82, 2.24) is 4.57 Å². The summed E-state index contributed by atoms with van der Waals surface area (Å²) in [6, 6.07) is 10.8. The maximum Gasteiger partial charge on any atom is 0.219 e. The number of aliphatic imine (C=N–C) groups is 2. The summed E-state index contributed by atoms with van der Waals surface area (Å²) >= 11 is 4.48. The lowest BCUT2D eigenvalue weighted by molar-refractivity contribution is 1.02. The molecule has 4 heterocycles. The Hall–Kier alpha value is -3.54. The third-order valence-electron chi connectivity index (χ3n) is 3.80. The molecule has 126 valence electrons. The summed E-state index contributed by atoms with van der Waals surface area (Å²) < 4.78 is 6.29. The predicted octanol–water partition coefficient (Wildman–Crippen LogP) is 4.91. The van der Waals surface area contributed by atoms with Crippen LogP contribution in [-0.4, -0.2) is 16.0 Å². The van der Waals surface area contributed by atoms with E-state index in [-0.39, 0.29) is 11.4 Å². The molecule has 0 aliphatic heterocycles. The third kappa shape index (κ3) is 2.57. The Labute approximate surface area is 164 Å². The van der Waals surface area contributed by atoms with Gasteiger partial charge in [0, 0.05) is 7.05 Å². The molecule has 4 aromatic heterocycles. The zero-order chi connectivity index (χ0) is 19.1. The molecule has 0 aromatic carbocycles. The average molecular weight is 403 g/mol. The number of aromatic nitrogens is 1. The fourth-order valence-electron chi connectivity index (χ4n) is 2.70. The summed E-state index contributed by atoms with van der Waals surface area (Å²) in [5.74, 6) is 0. The van der Waals surface area contributed by atoms with Gasteiger partial charge in [-0.2, -0.15) is 21.0 Å². The Morgan fingerprint density at radius 2 is 1.37 bits per heavy atom. The summed E-state index contributed by atoms with van der Waals surface area (Å²) in [4.78, 5) is 8.17. The van der Waals surface area contributed by atoms with Crippen LogP contribution >= 0.6 is 34.0 Å². The van der Waals surface area contributed by atoms with Gasteiger partial charge in [-0.1, -0.05) is 0 Å². The highest BCUT2D eigenvalue weighted by atomic mass is 32.1. The molecule has 0 fully saturated rings. The van der Waals surface area contributed by atoms with Crippen molar-refractivity contribution in [1.29, 1.82) is 21.0 Å². The summed E-state index contributed by atoms with van der Waals surface area (Å²) in [5, 5.41) is 36.7. The van der Waals surface area contributed by atoms with Crippen LogP contribution in [0.15, 0.2) is 22.1 Å². The zero-order valence-corrected chi connectivity index (χ0v) is 16.0. The molecule has 0 saturated carbocycles.